The van der Waals surface area contributed by atoms with Crippen LogP contribution in [0.1, 0.15) is 32.5 Å². The van der Waals surface area contributed by atoms with E-state index in [0.29, 0.717) is 0 Å². The zero-order chi connectivity index (χ0) is 23.0. The first kappa shape index (κ1) is 23.3. The SMILES string of the molecule is CCN(CC)c1ccc(NC(=O)CSc2nnc(CN3CCCC3)n2-c2ccccc2)cc1. The van der Waals surface area contributed by atoms with Crippen molar-refractivity contribution in [2.24, 2.45) is 0 Å². The molecule has 8 heteroatoms. The van der Waals surface area contributed by atoms with Crippen LogP contribution in [0.25, 0.3) is 5.69 Å². The highest BCUT2D eigenvalue weighted by Crippen LogP contribution is 2.24. The number of carbonyl (C=O) groups is 1. The lowest BCUT2D eigenvalue weighted by molar-refractivity contribution is -0.113. The number of carbonyl (C=O) groups excluding carboxylic acids is 1. The number of aromatic nitrogens is 3. The average molecular weight is 465 g/mol. The maximum absolute atomic E-state index is 12.6. The predicted octanol–water partition coefficient (Wildman–Crippen LogP) is 4.44. The van der Waals surface area contributed by atoms with E-state index in [2.05, 4.69) is 55.9 Å². The summed E-state index contributed by atoms with van der Waals surface area (Å²) in [5.74, 6) is 1.13. The minimum atomic E-state index is -0.0562. The number of rotatable bonds is 10. The second kappa shape index (κ2) is 11.3. The van der Waals surface area contributed by atoms with Gasteiger partial charge in [-0.3, -0.25) is 14.3 Å². The summed E-state index contributed by atoms with van der Waals surface area (Å²) in [5.41, 5.74) is 2.98. The number of benzene rings is 2. The fourth-order valence-corrected chi connectivity index (χ4v) is 4.92. The largest absolute Gasteiger partial charge is 0.372 e. The third kappa shape index (κ3) is 5.94. The Hall–Kier alpha value is -2.84. The number of nitrogens with zero attached hydrogens (tertiary/aromatic N) is 5. The van der Waals surface area contributed by atoms with E-state index in [1.807, 2.05) is 42.5 Å². The van der Waals surface area contributed by atoms with Crippen molar-refractivity contribution in [1.82, 2.24) is 19.7 Å². The molecule has 1 saturated heterocycles. The smallest absolute Gasteiger partial charge is 0.234 e. The van der Waals surface area contributed by atoms with Crippen LogP contribution in [0.2, 0.25) is 0 Å². The molecule has 0 bridgehead atoms. The van der Waals surface area contributed by atoms with Gasteiger partial charge < -0.3 is 10.2 Å². The molecule has 2 aromatic carbocycles. The number of likely N-dealkylation sites (tertiary alicyclic amines) is 1. The molecule has 3 aromatic rings. The van der Waals surface area contributed by atoms with Crippen LogP contribution in [0.3, 0.4) is 0 Å². The van der Waals surface area contributed by atoms with E-state index < -0.39 is 0 Å². The lowest BCUT2D eigenvalue weighted by atomic mass is 10.2. The highest BCUT2D eigenvalue weighted by atomic mass is 32.2. The van der Waals surface area contributed by atoms with Gasteiger partial charge in [0, 0.05) is 30.2 Å². The van der Waals surface area contributed by atoms with Crippen molar-refractivity contribution in [3.05, 3.63) is 60.4 Å². The normalized spacial score (nSPS) is 13.9. The summed E-state index contributed by atoms with van der Waals surface area (Å²) < 4.78 is 2.08. The van der Waals surface area contributed by atoms with E-state index in [1.54, 1.807) is 0 Å². The van der Waals surface area contributed by atoms with Gasteiger partial charge in [0.15, 0.2) is 11.0 Å². The maximum atomic E-state index is 12.6. The second-order valence-electron chi connectivity index (χ2n) is 8.11. The van der Waals surface area contributed by atoms with Gasteiger partial charge in [-0.2, -0.15) is 0 Å². The Bertz CT molecular complexity index is 1030. The van der Waals surface area contributed by atoms with Gasteiger partial charge in [-0.1, -0.05) is 30.0 Å². The molecule has 33 heavy (non-hydrogen) atoms. The van der Waals surface area contributed by atoms with Crippen LogP contribution in [0.4, 0.5) is 11.4 Å². The van der Waals surface area contributed by atoms with Crippen LogP contribution in [0.15, 0.2) is 59.8 Å². The molecule has 0 aliphatic carbocycles. The number of hydrogen-bond donors (Lipinski definition) is 1. The Balaban J connectivity index is 1.42. The molecule has 1 aromatic heterocycles. The highest BCUT2D eigenvalue weighted by Gasteiger charge is 2.20. The van der Waals surface area contributed by atoms with E-state index in [0.717, 1.165) is 60.8 Å². The molecule has 1 N–H and O–H groups in total. The molecule has 1 fully saturated rings. The Kier molecular flexibility index (Phi) is 8.01. The molecule has 0 spiro atoms. The number of nitrogens with one attached hydrogen (secondary N) is 1. The topological polar surface area (TPSA) is 66.3 Å². The molecule has 1 aliphatic heterocycles. The third-order valence-electron chi connectivity index (χ3n) is 5.89. The quantitative estimate of drug-likeness (QED) is 0.448. The summed E-state index contributed by atoms with van der Waals surface area (Å²) in [6, 6.07) is 18.1. The summed E-state index contributed by atoms with van der Waals surface area (Å²) >= 11 is 1.41. The van der Waals surface area contributed by atoms with E-state index in [4.69, 9.17) is 0 Å². The van der Waals surface area contributed by atoms with Gasteiger partial charge >= 0.3 is 0 Å². The van der Waals surface area contributed by atoms with Gasteiger partial charge in [-0.25, -0.2) is 0 Å². The summed E-state index contributed by atoms with van der Waals surface area (Å²) in [7, 11) is 0. The molecular weight excluding hydrogens is 432 g/mol. The second-order valence-corrected chi connectivity index (χ2v) is 9.05. The van der Waals surface area contributed by atoms with Crippen LogP contribution in [0, 0.1) is 0 Å². The predicted molar refractivity (Wildman–Crippen MR) is 135 cm³/mol. The molecule has 0 radical (unpaired) electrons. The van der Waals surface area contributed by atoms with E-state index in [9.17, 15) is 4.79 Å². The van der Waals surface area contributed by atoms with Crippen molar-refractivity contribution in [3.8, 4) is 5.69 Å². The first-order chi connectivity index (χ1) is 16.2. The van der Waals surface area contributed by atoms with E-state index in [-0.39, 0.29) is 11.7 Å². The Labute approximate surface area is 200 Å². The molecule has 7 nitrogen and oxygen atoms in total. The zero-order valence-electron chi connectivity index (χ0n) is 19.4. The molecule has 0 unspecified atom stereocenters. The van der Waals surface area contributed by atoms with Gasteiger partial charge in [0.2, 0.25) is 5.91 Å². The molecule has 0 saturated carbocycles. The number of thioether (sulfide) groups is 1. The third-order valence-corrected chi connectivity index (χ3v) is 6.82. The number of para-hydroxylation sites is 1. The van der Waals surface area contributed by atoms with Crippen LogP contribution < -0.4 is 10.2 Å². The molecule has 4 rings (SSSR count). The number of hydrogen-bond acceptors (Lipinski definition) is 6. The van der Waals surface area contributed by atoms with E-state index >= 15 is 0 Å². The Morgan fingerprint density at radius 1 is 1.00 bits per heavy atom. The zero-order valence-corrected chi connectivity index (χ0v) is 20.2. The van der Waals surface area contributed by atoms with Crippen molar-refractivity contribution < 1.29 is 4.79 Å². The Morgan fingerprint density at radius 3 is 2.36 bits per heavy atom. The maximum Gasteiger partial charge on any atom is 0.234 e. The summed E-state index contributed by atoms with van der Waals surface area (Å²) in [4.78, 5) is 17.3. The lowest BCUT2D eigenvalue weighted by Crippen LogP contribution is -2.21. The van der Waals surface area contributed by atoms with Gasteiger partial charge in [0.25, 0.3) is 0 Å². The van der Waals surface area contributed by atoms with Crippen LogP contribution in [0.5, 0.6) is 0 Å². The molecule has 1 aliphatic rings. The van der Waals surface area contributed by atoms with Crippen LogP contribution in [-0.4, -0.2) is 57.5 Å². The minimum absolute atomic E-state index is 0.0562. The number of amides is 1. The summed E-state index contributed by atoms with van der Waals surface area (Å²) in [6.45, 7) is 9.16. The van der Waals surface area contributed by atoms with Gasteiger partial charge in [0.1, 0.15) is 0 Å². The van der Waals surface area contributed by atoms with Crippen LogP contribution in [-0.2, 0) is 11.3 Å². The fourth-order valence-electron chi connectivity index (χ4n) is 4.14. The van der Waals surface area contributed by atoms with Crippen molar-refractivity contribution in [1.29, 1.82) is 0 Å². The van der Waals surface area contributed by atoms with Gasteiger partial charge in [-0.05, 0) is 76.2 Å². The first-order valence-corrected chi connectivity index (χ1v) is 12.7. The van der Waals surface area contributed by atoms with Crippen molar-refractivity contribution in [3.63, 3.8) is 0 Å². The Morgan fingerprint density at radius 2 is 1.70 bits per heavy atom. The summed E-state index contributed by atoms with van der Waals surface area (Å²) in [5, 5.41) is 12.6. The molecule has 1 amide bonds. The first-order valence-electron chi connectivity index (χ1n) is 11.7. The standard InChI is InChI=1S/C25H32N6OS/c1-3-30(4-2)21-14-12-20(13-15-21)26-24(32)19-33-25-28-27-23(18-29-16-8-9-17-29)31(25)22-10-6-5-7-11-22/h5-7,10-15H,3-4,8-9,16-19H2,1-2H3,(H,26,32). The van der Waals surface area contributed by atoms with Gasteiger partial charge in [-0.15, -0.1) is 10.2 Å². The lowest BCUT2D eigenvalue weighted by Gasteiger charge is -2.21. The average Bonchev–Trinajstić information content (AvgIpc) is 3.50. The molecular formula is C25H32N6OS. The molecule has 174 valence electrons. The number of anilines is 2. The van der Waals surface area contributed by atoms with Crippen LogP contribution >= 0.6 is 11.8 Å². The van der Waals surface area contributed by atoms with Crippen molar-refractivity contribution >= 4 is 29.0 Å². The highest BCUT2D eigenvalue weighted by molar-refractivity contribution is 7.99. The molecule has 2 heterocycles. The van der Waals surface area contributed by atoms with Crippen molar-refractivity contribution in [2.45, 2.75) is 38.4 Å². The molecule has 0 atom stereocenters. The summed E-state index contributed by atoms with van der Waals surface area (Å²) in [6.07, 6.45) is 2.47. The van der Waals surface area contributed by atoms with Gasteiger partial charge in [0.05, 0.1) is 12.3 Å². The minimum Gasteiger partial charge on any atom is -0.372 e. The van der Waals surface area contributed by atoms with E-state index in [1.165, 1.54) is 24.6 Å². The fraction of sp³-hybridized carbons (Fsp3) is 0.400. The van der Waals surface area contributed by atoms with Crippen molar-refractivity contribution in [2.75, 3.05) is 42.1 Å². The monoisotopic (exact) mass is 464 g/mol.